The highest BCUT2D eigenvalue weighted by Crippen LogP contribution is 2.40. The van der Waals surface area contributed by atoms with Crippen LogP contribution < -0.4 is 15.6 Å². The zero-order valence-corrected chi connectivity index (χ0v) is 16.6. The number of nitrogens with one attached hydrogen (secondary N) is 2. The summed E-state index contributed by atoms with van der Waals surface area (Å²) in [5.41, 5.74) is 4.34. The summed E-state index contributed by atoms with van der Waals surface area (Å²) in [6, 6.07) is 6.23. The SMILES string of the molecule is C=CCNCc1cc2cc3c(cc2n1C)CCCc1c-3[nH]c(=O)c(OC(=O)O)c1O. The van der Waals surface area contributed by atoms with Crippen molar-refractivity contribution in [2.75, 3.05) is 6.54 Å². The van der Waals surface area contributed by atoms with Crippen molar-refractivity contribution in [1.82, 2.24) is 14.9 Å². The predicted octanol–water partition coefficient (Wildman–Crippen LogP) is 3.06. The number of pyridine rings is 1. The zero-order valence-electron chi connectivity index (χ0n) is 16.6. The fourth-order valence-electron chi connectivity index (χ4n) is 4.12. The first-order valence-corrected chi connectivity index (χ1v) is 9.72. The Bertz CT molecular complexity index is 1220. The van der Waals surface area contributed by atoms with E-state index in [9.17, 15) is 14.7 Å². The molecule has 1 aliphatic carbocycles. The molecule has 0 atom stereocenters. The molecule has 156 valence electrons. The van der Waals surface area contributed by atoms with Crippen LogP contribution in [0.4, 0.5) is 4.79 Å². The highest BCUT2D eigenvalue weighted by atomic mass is 16.7. The predicted molar refractivity (Wildman–Crippen MR) is 113 cm³/mol. The number of carboxylic acid groups (broad SMARTS) is 1. The third-order valence-electron chi connectivity index (χ3n) is 5.54. The standard InChI is InChI=1S/C22H23N3O5/c1-3-7-23-11-14-8-13-9-16-12(10-17(13)25(14)2)5-4-6-15-18(16)24-21(27)20(19(15)26)30-22(28)29/h3,8-10,23H,1,4-7,11H2,2H3,(H,28,29)(H2,24,26,27). The van der Waals surface area contributed by atoms with Gasteiger partial charge in [-0.25, -0.2) is 4.79 Å². The first kappa shape index (κ1) is 19.8. The van der Waals surface area contributed by atoms with Crippen LogP contribution >= 0.6 is 0 Å². The molecular formula is C22H23N3O5. The summed E-state index contributed by atoms with van der Waals surface area (Å²) >= 11 is 0. The molecule has 0 aliphatic heterocycles. The van der Waals surface area contributed by atoms with Crippen molar-refractivity contribution in [3.8, 4) is 22.8 Å². The van der Waals surface area contributed by atoms with E-state index in [1.54, 1.807) is 0 Å². The molecule has 3 aromatic rings. The third kappa shape index (κ3) is 3.35. The second-order valence-electron chi connectivity index (χ2n) is 7.39. The van der Waals surface area contributed by atoms with Crippen LogP contribution in [-0.2, 0) is 26.4 Å². The normalized spacial score (nSPS) is 12.8. The molecule has 0 spiro atoms. The Morgan fingerprint density at radius 2 is 2.17 bits per heavy atom. The largest absolute Gasteiger partial charge is 0.511 e. The van der Waals surface area contributed by atoms with Gasteiger partial charge in [-0.3, -0.25) is 4.79 Å². The molecule has 0 radical (unpaired) electrons. The monoisotopic (exact) mass is 409 g/mol. The van der Waals surface area contributed by atoms with Gasteiger partial charge in [0.05, 0.1) is 5.69 Å². The van der Waals surface area contributed by atoms with E-state index >= 15 is 0 Å². The number of H-pyrrole nitrogens is 1. The fraction of sp³-hybridized carbons (Fsp3) is 0.273. The lowest BCUT2D eigenvalue weighted by atomic mass is 9.99. The van der Waals surface area contributed by atoms with Crippen LogP contribution in [0.25, 0.3) is 22.2 Å². The lowest BCUT2D eigenvalue weighted by Gasteiger charge is -2.13. The van der Waals surface area contributed by atoms with Crippen LogP contribution in [0.5, 0.6) is 11.5 Å². The summed E-state index contributed by atoms with van der Waals surface area (Å²) < 4.78 is 6.65. The number of nitrogens with zero attached hydrogens (tertiary/aromatic N) is 1. The van der Waals surface area contributed by atoms with Gasteiger partial charge in [0.1, 0.15) is 0 Å². The molecule has 4 rings (SSSR count). The third-order valence-corrected chi connectivity index (χ3v) is 5.54. The smallest absolute Gasteiger partial charge is 0.504 e. The summed E-state index contributed by atoms with van der Waals surface area (Å²) in [6.45, 7) is 5.13. The molecule has 2 heterocycles. The van der Waals surface area contributed by atoms with Crippen LogP contribution in [0.15, 0.2) is 35.6 Å². The first-order chi connectivity index (χ1) is 14.4. The van der Waals surface area contributed by atoms with Crippen LogP contribution in [-0.4, -0.2) is 32.5 Å². The van der Waals surface area contributed by atoms with Gasteiger partial charge in [-0.15, -0.1) is 6.58 Å². The van der Waals surface area contributed by atoms with Gasteiger partial charge >= 0.3 is 6.16 Å². The number of aromatic hydroxyl groups is 1. The fourth-order valence-corrected chi connectivity index (χ4v) is 4.12. The summed E-state index contributed by atoms with van der Waals surface area (Å²) in [5.74, 6) is -0.993. The minimum atomic E-state index is -1.65. The number of benzene rings is 1. The average Bonchev–Trinajstić information content (AvgIpc) is 2.89. The summed E-state index contributed by atoms with van der Waals surface area (Å²) in [4.78, 5) is 26.0. The van der Waals surface area contributed by atoms with Crippen molar-refractivity contribution in [2.45, 2.75) is 25.8 Å². The number of aromatic amines is 1. The number of carbonyl (C=O) groups is 1. The second-order valence-corrected chi connectivity index (χ2v) is 7.39. The van der Waals surface area contributed by atoms with Crippen molar-refractivity contribution in [3.05, 3.63) is 58.0 Å². The van der Waals surface area contributed by atoms with Gasteiger partial charge in [-0.2, -0.15) is 0 Å². The number of hydrogen-bond acceptors (Lipinski definition) is 5. The van der Waals surface area contributed by atoms with E-state index in [-0.39, 0.29) is 0 Å². The molecule has 0 saturated heterocycles. The molecule has 2 aromatic heterocycles. The van der Waals surface area contributed by atoms with Crippen LogP contribution in [0.2, 0.25) is 0 Å². The topological polar surface area (TPSA) is 117 Å². The summed E-state index contributed by atoms with van der Waals surface area (Å²) in [7, 11) is 2.02. The summed E-state index contributed by atoms with van der Waals surface area (Å²) in [6.07, 6.45) is 2.18. The lowest BCUT2D eigenvalue weighted by Crippen LogP contribution is -2.17. The van der Waals surface area contributed by atoms with Crippen molar-refractivity contribution >= 4 is 17.1 Å². The van der Waals surface area contributed by atoms with Crippen molar-refractivity contribution in [3.63, 3.8) is 0 Å². The molecule has 8 nitrogen and oxygen atoms in total. The summed E-state index contributed by atoms with van der Waals surface area (Å²) in [5, 5.41) is 23.7. The molecule has 4 N–H and O–H groups in total. The minimum Gasteiger partial charge on any atom is -0.504 e. The number of aromatic nitrogens is 2. The Hall–Kier alpha value is -3.52. The van der Waals surface area contributed by atoms with Gasteiger partial charge in [0, 0.05) is 47.9 Å². The quantitative estimate of drug-likeness (QED) is 0.292. The van der Waals surface area contributed by atoms with E-state index in [0.717, 1.165) is 40.6 Å². The molecule has 0 saturated carbocycles. The lowest BCUT2D eigenvalue weighted by molar-refractivity contribution is 0.142. The maximum atomic E-state index is 12.4. The average molecular weight is 409 g/mol. The van der Waals surface area contributed by atoms with E-state index in [4.69, 9.17) is 5.11 Å². The highest BCUT2D eigenvalue weighted by molar-refractivity contribution is 5.89. The van der Waals surface area contributed by atoms with Crippen molar-refractivity contribution in [1.29, 1.82) is 0 Å². The number of aryl methyl sites for hydroxylation is 2. The van der Waals surface area contributed by atoms with Gasteiger partial charge in [0.25, 0.3) is 5.56 Å². The van der Waals surface area contributed by atoms with E-state index in [2.05, 4.69) is 38.3 Å². The molecule has 8 heteroatoms. The van der Waals surface area contributed by atoms with Crippen LogP contribution in [0.3, 0.4) is 0 Å². The maximum Gasteiger partial charge on any atom is 0.511 e. The van der Waals surface area contributed by atoms with E-state index in [1.807, 2.05) is 19.2 Å². The Balaban J connectivity index is 1.87. The van der Waals surface area contributed by atoms with E-state index in [0.29, 0.717) is 30.8 Å². The Morgan fingerprint density at radius 3 is 2.90 bits per heavy atom. The molecule has 0 unspecified atom stereocenters. The highest BCUT2D eigenvalue weighted by Gasteiger charge is 2.25. The van der Waals surface area contributed by atoms with Gasteiger partial charge in [0.2, 0.25) is 5.75 Å². The number of ether oxygens (including phenoxy) is 1. The van der Waals surface area contributed by atoms with Gasteiger partial charge in [-0.1, -0.05) is 6.08 Å². The molecule has 30 heavy (non-hydrogen) atoms. The van der Waals surface area contributed by atoms with Crippen LogP contribution in [0.1, 0.15) is 23.2 Å². The number of hydrogen-bond donors (Lipinski definition) is 4. The Kier molecular flexibility index (Phi) is 5.09. The van der Waals surface area contributed by atoms with Gasteiger partial charge < -0.3 is 29.8 Å². The molecule has 0 amide bonds. The van der Waals surface area contributed by atoms with Crippen molar-refractivity contribution in [2.24, 2.45) is 7.05 Å². The maximum absolute atomic E-state index is 12.4. The Morgan fingerprint density at radius 1 is 1.37 bits per heavy atom. The van der Waals surface area contributed by atoms with E-state index in [1.165, 1.54) is 0 Å². The van der Waals surface area contributed by atoms with E-state index < -0.39 is 23.2 Å². The number of fused-ring (bicyclic) bond motifs is 4. The van der Waals surface area contributed by atoms with Gasteiger partial charge in [-0.05, 0) is 43.0 Å². The minimum absolute atomic E-state index is 0.411. The second kappa shape index (κ2) is 7.72. The Labute approximate surface area is 172 Å². The zero-order chi connectivity index (χ0) is 21.4. The number of rotatable bonds is 5. The molecule has 0 fully saturated rings. The molecule has 0 bridgehead atoms. The first-order valence-electron chi connectivity index (χ1n) is 9.72. The molecular weight excluding hydrogens is 386 g/mol. The molecule has 1 aromatic carbocycles. The molecule has 1 aliphatic rings. The van der Waals surface area contributed by atoms with Crippen molar-refractivity contribution < 1.29 is 19.7 Å². The van der Waals surface area contributed by atoms with Crippen LogP contribution in [0, 0.1) is 0 Å². The van der Waals surface area contributed by atoms with Gasteiger partial charge in [0.15, 0.2) is 5.75 Å².